The number of nitrogens with zero attached hydrogens (tertiary/aromatic N) is 1. The largest absolute Gasteiger partial charge is 0.457 e. The lowest BCUT2D eigenvalue weighted by molar-refractivity contribution is -0.290. The molecular weight excluding hydrogens is 1200 g/mol. The number of halogens is 16. The van der Waals surface area contributed by atoms with Gasteiger partial charge in [0.25, 0.3) is 0 Å². The van der Waals surface area contributed by atoms with Gasteiger partial charge < -0.3 is 19.1 Å². The molecule has 0 unspecified atom stereocenters. The van der Waals surface area contributed by atoms with E-state index in [1.54, 1.807) is 20.2 Å². The molecule has 0 aliphatic heterocycles. The standard InChI is InChI=1S/C55H41F16NO8S3/c1-32-5-8-35(9-6-32)48(50(56,57)58,51(59,60)61)38-14-20-42(21-15-38)80-46-30-43(24-28-47(46)81-54(68,69)55(70,71)83(75,76)77)79-40-18-12-37(13-19-40)49(52(62,63)64,53(65,66)67)36-10-16-39(17-11-36)78-41-22-26-44(27-23-41)82(73,74)45-25-7-33(2)34(29-45)31-72(3)4/h5-30H,31H2,1-4H3,(H,75,76,77). The van der Waals surface area contributed by atoms with Gasteiger partial charge in [-0.25, -0.2) is 8.42 Å². The lowest BCUT2D eigenvalue weighted by atomic mass is 9.72. The molecule has 28 heteroatoms. The molecule has 0 atom stereocenters. The number of hydrogen-bond acceptors (Lipinski definition) is 9. The van der Waals surface area contributed by atoms with Crippen molar-refractivity contribution in [3.8, 4) is 34.5 Å². The van der Waals surface area contributed by atoms with Crippen LogP contribution in [-0.2, 0) is 37.3 Å². The highest BCUT2D eigenvalue weighted by atomic mass is 32.2. The number of rotatable bonds is 18. The van der Waals surface area contributed by atoms with Crippen molar-refractivity contribution in [1.29, 1.82) is 0 Å². The first kappa shape index (κ1) is 63.6. The van der Waals surface area contributed by atoms with Crippen molar-refractivity contribution in [2.45, 2.75) is 81.1 Å². The Morgan fingerprint density at radius 3 is 1.18 bits per heavy atom. The summed E-state index contributed by atoms with van der Waals surface area (Å²) in [6.07, 6.45) is -24.4. The number of sulfone groups is 1. The molecule has 0 bridgehead atoms. The van der Waals surface area contributed by atoms with Crippen molar-refractivity contribution in [2.75, 3.05) is 14.1 Å². The minimum Gasteiger partial charge on any atom is -0.457 e. The topological polar surface area (TPSA) is 119 Å². The Morgan fingerprint density at radius 1 is 0.446 bits per heavy atom. The zero-order chi connectivity index (χ0) is 61.7. The lowest BCUT2D eigenvalue weighted by Crippen LogP contribution is -2.54. The van der Waals surface area contributed by atoms with Crippen LogP contribution in [0, 0.1) is 13.8 Å². The molecule has 0 amide bonds. The first-order chi connectivity index (χ1) is 38.2. The number of ether oxygens (including phenoxy) is 3. The monoisotopic (exact) mass is 1240 g/mol. The second kappa shape index (κ2) is 22.5. The molecule has 444 valence electrons. The molecule has 83 heavy (non-hydrogen) atoms. The molecule has 7 rings (SSSR count). The maximum Gasteiger partial charge on any atom is 0.442 e. The summed E-state index contributed by atoms with van der Waals surface area (Å²) in [5.74, 6) is -3.46. The molecule has 9 nitrogen and oxygen atoms in total. The fraction of sp³-hybridized carbons (Fsp3) is 0.236. The van der Waals surface area contributed by atoms with Crippen molar-refractivity contribution in [3.05, 3.63) is 197 Å². The van der Waals surface area contributed by atoms with Crippen LogP contribution in [0.3, 0.4) is 0 Å². The first-order valence-corrected chi connectivity index (χ1v) is 27.3. The van der Waals surface area contributed by atoms with E-state index in [1.807, 2.05) is 11.8 Å². The van der Waals surface area contributed by atoms with E-state index in [2.05, 4.69) is 0 Å². The molecule has 0 saturated carbocycles. The number of thioether (sulfide) groups is 1. The van der Waals surface area contributed by atoms with E-state index in [-0.39, 0.29) is 26.9 Å². The molecule has 0 saturated heterocycles. The summed E-state index contributed by atoms with van der Waals surface area (Å²) < 4.78 is 314. The maximum atomic E-state index is 15.2. The van der Waals surface area contributed by atoms with Crippen molar-refractivity contribution >= 4 is 31.7 Å². The van der Waals surface area contributed by atoms with E-state index >= 15 is 26.3 Å². The highest BCUT2D eigenvalue weighted by Gasteiger charge is 2.74. The second-order valence-corrected chi connectivity index (χ2v) is 23.3. The van der Waals surface area contributed by atoms with E-state index < -0.39 is 128 Å². The van der Waals surface area contributed by atoms with Crippen molar-refractivity contribution in [1.82, 2.24) is 4.90 Å². The smallest absolute Gasteiger partial charge is 0.442 e. The summed E-state index contributed by atoms with van der Waals surface area (Å²) in [5, 5.41) is -12.0. The van der Waals surface area contributed by atoms with Crippen LogP contribution in [-0.4, -0.2) is 75.6 Å². The Balaban J connectivity index is 1.19. The Labute approximate surface area is 467 Å². The van der Waals surface area contributed by atoms with Crippen LogP contribution >= 0.6 is 11.8 Å². The predicted molar refractivity (Wildman–Crippen MR) is 271 cm³/mol. The fourth-order valence-corrected chi connectivity index (χ4v) is 11.5. The highest BCUT2D eigenvalue weighted by molar-refractivity contribution is 8.01. The average molecular weight is 1240 g/mol. The Hall–Kier alpha value is -7.01. The molecule has 1 N–H and O–H groups in total. The van der Waals surface area contributed by atoms with Gasteiger partial charge in [-0.3, -0.25) is 4.55 Å². The minimum absolute atomic E-state index is 0.00893. The quantitative estimate of drug-likeness (QED) is 0.0505. The van der Waals surface area contributed by atoms with Gasteiger partial charge in [0.05, 0.1) is 14.7 Å². The highest BCUT2D eigenvalue weighted by Crippen LogP contribution is 2.59. The molecule has 7 aromatic carbocycles. The fourth-order valence-electron chi connectivity index (χ4n) is 8.70. The van der Waals surface area contributed by atoms with Crippen LogP contribution in [0.15, 0.2) is 172 Å². The van der Waals surface area contributed by atoms with E-state index in [1.165, 1.54) is 43.3 Å². The zero-order valence-corrected chi connectivity index (χ0v) is 45.2. The SMILES string of the molecule is Cc1ccc(C(c2ccc(Oc3cc(Oc4ccc(C(c5ccc(Oc6ccc(S(=O)(=O)c7ccc(C)c(CN(C)C)c7)cc6)cc5)(C(F)(F)F)C(F)(F)F)cc4)ccc3SC(F)(F)C(F)(F)S(=O)(=O)O)cc2)(C(F)(F)F)C(F)(F)F)cc1. The average Bonchev–Trinajstić information content (AvgIpc) is 1.36. The molecule has 0 radical (unpaired) electrons. The summed E-state index contributed by atoms with van der Waals surface area (Å²) in [7, 11) is -7.32. The van der Waals surface area contributed by atoms with Gasteiger partial charge in [-0.1, -0.05) is 72.3 Å². The minimum atomic E-state index is -6.87. The van der Waals surface area contributed by atoms with E-state index in [9.17, 15) is 60.7 Å². The van der Waals surface area contributed by atoms with Crippen LogP contribution < -0.4 is 14.2 Å². The van der Waals surface area contributed by atoms with Crippen LogP contribution in [0.1, 0.15) is 38.9 Å². The van der Waals surface area contributed by atoms with Gasteiger partial charge in [0.2, 0.25) is 20.7 Å². The summed E-state index contributed by atoms with van der Waals surface area (Å²) in [5.41, 5.74) is -13.1. The Bertz CT molecular complexity index is 3660. The van der Waals surface area contributed by atoms with Crippen LogP contribution in [0.2, 0.25) is 0 Å². The van der Waals surface area contributed by atoms with Crippen LogP contribution in [0.5, 0.6) is 34.5 Å². The molecular formula is C55H41F16NO8S3. The van der Waals surface area contributed by atoms with Crippen LogP contribution in [0.4, 0.5) is 70.2 Å². The number of alkyl halides is 16. The second-order valence-electron chi connectivity index (χ2n) is 18.8. The number of aryl methyl sites for hydroxylation is 2. The van der Waals surface area contributed by atoms with Crippen molar-refractivity contribution < 1.29 is 106 Å². The molecule has 0 aliphatic carbocycles. The summed E-state index contributed by atoms with van der Waals surface area (Å²) >= 11 is -1.28. The third kappa shape index (κ3) is 12.3. The normalized spacial score (nSPS) is 13.5. The molecule has 0 aliphatic rings. The third-order valence-corrected chi connectivity index (χ3v) is 16.7. The van der Waals surface area contributed by atoms with E-state index in [0.29, 0.717) is 97.5 Å². The summed E-state index contributed by atoms with van der Waals surface area (Å²) in [6, 6.07) is 20.2. The Kier molecular flexibility index (Phi) is 17.3. The van der Waals surface area contributed by atoms with Gasteiger partial charge in [-0.2, -0.15) is 78.7 Å². The van der Waals surface area contributed by atoms with Gasteiger partial charge in [0, 0.05) is 12.6 Å². The third-order valence-electron chi connectivity index (χ3n) is 12.8. The lowest BCUT2D eigenvalue weighted by Gasteiger charge is -2.38. The first-order valence-electron chi connectivity index (χ1n) is 23.5. The zero-order valence-electron chi connectivity index (χ0n) is 42.7. The maximum absolute atomic E-state index is 15.2. The number of benzene rings is 7. The Morgan fingerprint density at radius 2 is 0.795 bits per heavy atom. The molecule has 7 aromatic rings. The molecule has 0 aromatic heterocycles. The summed E-state index contributed by atoms with van der Waals surface area (Å²) in [6.45, 7) is 3.65. The van der Waals surface area contributed by atoms with Gasteiger partial charge >= 0.3 is 45.3 Å². The van der Waals surface area contributed by atoms with Gasteiger partial charge in [-0.05, 0) is 158 Å². The van der Waals surface area contributed by atoms with Gasteiger partial charge in [0.15, 0.2) is 0 Å². The van der Waals surface area contributed by atoms with Crippen molar-refractivity contribution in [2.24, 2.45) is 0 Å². The van der Waals surface area contributed by atoms with E-state index in [4.69, 9.17) is 18.8 Å². The van der Waals surface area contributed by atoms with Gasteiger partial charge in [0.1, 0.15) is 34.5 Å². The van der Waals surface area contributed by atoms with Crippen molar-refractivity contribution in [3.63, 3.8) is 0 Å². The molecule has 0 heterocycles. The van der Waals surface area contributed by atoms with Gasteiger partial charge in [-0.15, -0.1) is 0 Å². The van der Waals surface area contributed by atoms with Crippen LogP contribution in [0.25, 0.3) is 0 Å². The van der Waals surface area contributed by atoms with E-state index in [0.717, 1.165) is 35.4 Å². The molecule has 0 spiro atoms. The summed E-state index contributed by atoms with van der Waals surface area (Å²) in [4.78, 5) is 0.514. The molecule has 0 fully saturated rings. The predicted octanol–water partition coefficient (Wildman–Crippen LogP) is 16.6. The number of hydrogen-bond donors (Lipinski definition) is 1.